The van der Waals surface area contributed by atoms with E-state index in [1.165, 1.54) is 19.3 Å². The smallest absolute Gasteiger partial charge is 0.289 e. The van der Waals surface area contributed by atoms with Crippen LogP contribution in [0.4, 0.5) is 0 Å². The lowest BCUT2D eigenvalue weighted by Crippen LogP contribution is -2.55. The number of aromatic nitrogens is 3. The molecule has 29 heavy (non-hydrogen) atoms. The van der Waals surface area contributed by atoms with Crippen molar-refractivity contribution in [1.29, 1.82) is 0 Å². The number of amides is 1. The van der Waals surface area contributed by atoms with Gasteiger partial charge in [-0.2, -0.15) is 0 Å². The fourth-order valence-electron chi connectivity index (χ4n) is 5.22. The lowest BCUT2D eigenvalue weighted by Gasteiger charge is -2.42. The molecule has 1 aliphatic carbocycles. The monoisotopic (exact) mass is 398 g/mol. The molecular formula is C21H30N6O2. The van der Waals surface area contributed by atoms with Gasteiger partial charge < -0.3 is 14.3 Å². The van der Waals surface area contributed by atoms with Crippen molar-refractivity contribution in [2.45, 2.75) is 69.7 Å². The van der Waals surface area contributed by atoms with Crippen LogP contribution < -0.4 is 5.32 Å². The van der Waals surface area contributed by atoms with Gasteiger partial charge >= 0.3 is 0 Å². The lowest BCUT2D eigenvalue weighted by molar-refractivity contribution is 0.0639. The van der Waals surface area contributed by atoms with E-state index in [2.05, 4.69) is 36.9 Å². The van der Waals surface area contributed by atoms with Crippen LogP contribution in [0, 0.1) is 0 Å². The van der Waals surface area contributed by atoms with E-state index in [0.717, 1.165) is 63.6 Å². The molecule has 1 unspecified atom stereocenters. The van der Waals surface area contributed by atoms with Gasteiger partial charge in [-0.1, -0.05) is 19.3 Å². The molecule has 1 N–H and O–H groups in total. The Hall–Kier alpha value is -2.19. The zero-order valence-electron chi connectivity index (χ0n) is 17.1. The Morgan fingerprint density at radius 3 is 2.93 bits per heavy atom. The normalized spacial score (nSPS) is 26.1. The molecule has 4 heterocycles. The van der Waals surface area contributed by atoms with Crippen LogP contribution in [0.1, 0.15) is 60.7 Å². The fraction of sp³-hybridized carbons (Fsp3) is 0.667. The van der Waals surface area contributed by atoms with Gasteiger partial charge in [0.1, 0.15) is 11.6 Å². The SMILES string of the molecule is CN1Cc2nnc(C(=O)NC3CCCCC3)n2CC12CCN(Cc1ccco1)C2. The Bertz CT molecular complexity index is 857. The first-order chi connectivity index (χ1) is 14.1. The van der Waals surface area contributed by atoms with Crippen LogP contribution in [0.5, 0.6) is 0 Å². The van der Waals surface area contributed by atoms with Crippen molar-refractivity contribution in [2.75, 3.05) is 20.1 Å². The maximum atomic E-state index is 12.9. The van der Waals surface area contributed by atoms with Crippen LogP contribution in [0.2, 0.25) is 0 Å². The van der Waals surface area contributed by atoms with E-state index in [9.17, 15) is 4.79 Å². The van der Waals surface area contributed by atoms with E-state index in [0.29, 0.717) is 5.82 Å². The number of carbonyl (C=O) groups excluding carboxylic acids is 1. The Labute approximate surface area is 171 Å². The van der Waals surface area contributed by atoms with Crippen molar-refractivity contribution >= 4 is 5.91 Å². The summed E-state index contributed by atoms with van der Waals surface area (Å²) in [4.78, 5) is 17.8. The molecule has 0 radical (unpaired) electrons. The third kappa shape index (κ3) is 3.59. The van der Waals surface area contributed by atoms with Gasteiger partial charge in [-0.05, 0) is 38.4 Å². The molecule has 156 valence electrons. The standard InChI is InChI=1S/C21H30N6O2/c1-25-13-18-23-24-19(20(28)22-16-6-3-2-4-7-16)27(18)15-21(25)9-10-26(14-21)12-17-8-5-11-29-17/h5,8,11,16H,2-4,6-7,9-10,12-15H2,1H3,(H,22,28). The minimum absolute atomic E-state index is 0.00183. The van der Waals surface area contributed by atoms with Gasteiger partial charge in [-0.15, -0.1) is 10.2 Å². The molecule has 2 aliphatic heterocycles. The molecule has 0 aromatic carbocycles. The van der Waals surface area contributed by atoms with Crippen LogP contribution in [0.3, 0.4) is 0 Å². The molecule has 1 spiro atoms. The average Bonchev–Trinajstić information content (AvgIpc) is 3.45. The summed E-state index contributed by atoms with van der Waals surface area (Å²) in [6.45, 7) is 4.27. The topological polar surface area (TPSA) is 79.4 Å². The molecule has 1 saturated carbocycles. The first-order valence-electron chi connectivity index (χ1n) is 10.8. The van der Waals surface area contributed by atoms with Crippen LogP contribution >= 0.6 is 0 Å². The molecule has 1 saturated heterocycles. The summed E-state index contributed by atoms with van der Waals surface area (Å²) in [6.07, 6.45) is 8.60. The first kappa shape index (κ1) is 18.8. The van der Waals surface area contributed by atoms with Gasteiger partial charge in [-0.3, -0.25) is 14.6 Å². The van der Waals surface area contributed by atoms with E-state index in [-0.39, 0.29) is 17.5 Å². The van der Waals surface area contributed by atoms with Crippen molar-refractivity contribution in [2.24, 2.45) is 0 Å². The van der Waals surface area contributed by atoms with E-state index in [1.807, 2.05) is 12.1 Å². The van der Waals surface area contributed by atoms with E-state index < -0.39 is 0 Å². The van der Waals surface area contributed by atoms with E-state index in [1.54, 1.807) is 6.26 Å². The van der Waals surface area contributed by atoms with Gasteiger partial charge in [-0.25, -0.2) is 0 Å². The molecule has 8 heteroatoms. The third-order valence-corrected chi connectivity index (χ3v) is 6.98. The number of likely N-dealkylation sites (tertiary alicyclic amines) is 1. The zero-order valence-corrected chi connectivity index (χ0v) is 17.1. The summed E-state index contributed by atoms with van der Waals surface area (Å²) in [5, 5.41) is 11.8. The van der Waals surface area contributed by atoms with Crippen molar-refractivity contribution in [3.8, 4) is 0 Å². The minimum Gasteiger partial charge on any atom is -0.468 e. The Morgan fingerprint density at radius 1 is 1.28 bits per heavy atom. The van der Waals surface area contributed by atoms with Crippen LogP contribution in [0.25, 0.3) is 0 Å². The Balaban J connectivity index is 1.31. The van der Waals surface area contributed by atoms with Crippen molar-refractivity contribution in [1.82, 2.24) is 29.9 Å². The largest absolute Gasteiger partial charge is 0.468 e. The number of hydrogen-bond acceptors (Lipinski definition) is 6. The molecule has 0 bridgehead atoms. The van der Waals surface area contributed by atoms with Crippen LogP contribution in [-0.2, 0) is 19.6 Å². The molecule has 2 aromatic rings. The highest BCUT2D eigenvalue weighted by atomic mass is 16.3. The highest BCUT2D eigenvalue weighted by Gasteiger charge is 2.46. The number of carbonyl (C=O) groups is 1. The van der Waals surface area contributed by atoms with Crippen LogP contribution in [0.15, 0.2) is 22.8 Å². The average molecular weight is 399 g/mol. The molecular weight excluding hydrogens is 368 g/mol. The lowest BCUT2D eigenvalue weighted by atomic mass is 9.94. The second kappa shape index (κ2) is 7.57. The van der Waals surface area contributed by atoms with Gasteiger partial charge in [0.15, 0.2) is 0 Å². The van der Waals surface area contributed by atoms with Crippen molar-refractivity contribution in [3.05, 3.63) is 35.8 Å². The molecule has 2 aromatic heterocycles. The predicted molar refractivity (Wildman–Crippen MR) is 107 cm³/mol. The highest BCUT2D eigenvalue weighted by Crippen LogP contribution is 2.34. The van der Waals surface area contributed by atoms with E-state index >= 15 is 0 Å². The summed E-state index contributed by atoms with van der Waals surface area (Å²) in [7, 11) is 2.16. The zero-order chi connectivity index (χ0) is 19.8. The molecule has 5 rings (SSSR count). The summed E-state index contributed by atoms with van der Waals surface area (Å²) in [6, 6.07) is 4.25. The third-order valence-electron chi connectivity index (χ3n) is 6.98. The van der Waals surface area contributed by atoms with Crippen LogP contribution in [-0.4, -0.2) is 62.2 Å². The van der Waals surface area contributed by atoms with Gasteiger partial charge in [0, 0.05) is 25.7 Å². The summed E-state index contributed by atoms with van der Waals surface area (Å²) in [5.41, 5.74) is 0.00183. The molecule has 2 fully saturated rings. The Kier molecular flexibility index (Phi) is 4.91. The second-order valence-corrected chi connectivity index (χ2v) is 8.95. The number of hydrogen-bond donors (Lipinski definition) is 1. The molecule has 3 aliphatic rings. The molecule has 8 nitrogen and oxygen atoms in total. The maximum Gasteiger partial charge on any atom is 0.289 e. The number of nitrogens with zero attached hydrogens (tertiary/aromatic N) is 5. The van der Waals surface area contributed by atoms with Crippen molar-refractivity contribution < 1.29 is 9.21 Å². The second-order valence-electron chi connectivity index (χ2n) is 8.95. The number of fused-ring (bicyclic) bond motifs is 1. The van der Waals surface area contributed by atoms with E-state index in [4.69, 9.17) is 4.42 Å². The summed E-state index contributed by atoms with van der Waals surface area (Å²) >= 11 is 0. The van der Waals surface area contributed by atoms with Gasteiger partial charge in [0.25, 0.3) is 5.91 Å². The van der Waals surface area contributed by atoms with Gasteiger partial charge in [0.2, 0.25) is 5.82 Å². The number of furan rings is 1. The number of nitrogens with one attached hydrogen (secondary N) is 1. The highest BCUT2D eigenvalue weighted by molar-refractivity contribution is 5.91. The van der Waals surface area contributed by atoms with Gasteiger partial charge in [0.05, 0.1) is 24.9 Å². The quantitative estimate of drug-likeness (QED) is 0.849. The molecule has 1 atom stereocenters. The first-order valence-corrected chi connectivity index (χ1v) is 10.8. The minimum atomic E-state index is -0.0687. The summed E-state index contributed by atoms with van der Waals surface area (Å²) in [5.74, 6) is 2.29. The van der Waals surface area contributed by atoms with Crippen molar-refractivity contribution in [3.63, 3.8) is 0 Å². The number of likely N-dealkylation sites (N-methyl/N-ethyl adjacent to an activating group) is 1. The fourth-order valence-corrected chi connectivity index (χ4v) is 5.22. The predicted octanol–water partition coefficient (Wildman–Crippen LogP) is 2.02. The molecule has 1 amide bonds. The summed E-state index contributed by atoms with van der Waals surface area (Å²) < 4.78 is 7.60. The number of rotatable bonds is 4. The maximum absolute atomic E-state index is 12.9. The Morgan fingerprint density at radius 2 is 2.14 bits per heavy atom.